The zero-order valence-electron chi connectivity index (χ0n) is 32.5. The minimum Gasteiger partial charge on any atom is -0.456 e. The van der Waals surface area contributed by atoms with E-state index in [1.165, 1.54) is 0 Å². The van der Waals surface area contributed by atoms with Gasteiger partial charge in [-0.05, 0) is 110 Å². The molecule has 0 saturated carbocycles. The van der Waals surface area contributed by atoms with Gasteiger partial charge in [0.05, 0.1) is 17.1 Å². The Balaban J connectivity index is 1.02. The maximum Gasteiger partial charge on any atom is 0.164 e. The van der Waals surface area contributed by atoms with Crippen molar-refractivity contribution in [2.75, 3.05) is 0 Å². The Morgan fingerprint density at radius 3 is 1.84 bits per heavy atom. The second-order valence-electron chi connectivity index (χ2n) is 15.3. The summed E-state index contributed by atoms with van der Waals surface area (Å²) in [5.41, 5.74) is 10.1. The molecule has 3 heterocycles. The average molecular weight is 778 g/mol. The van der Waals surface area contributed by atoms with E-state index < -0.39 is 0 Å². The van der Waals surface area contributed by atoms with E-state index in [2.05, 4.69) is 109 Å². The molecule has 0 aliphatic carbocycles. The summed E-state index contributed by atoms with van der Waals surface area (Å²) in [6, 6.07) is 64.7. The summed E-state index contributed by atoms with van der Waals surface area (Å²) in [5, 5.41) is 19.4. The lowest BCUT2D eigenvalue weighted by Crippen LogP contribution is -2.00. The second kappa shape index (κ2) is 13.8. The van der Waals surface area contributed by atoms with Gasteiger partial charge in [0, 0.05) is 44.6 Å². The molecule has 0 spiro atoms. The number of nitriles is 1. The zero-order chi connectivity index (χ0) is 40.4. The smallest absolute Gasteiger partial charge is 0.164 e. The molecule has 0 radical (unpaired) electrons. The summed E-state index contributed by atoms with van der Waals surface area (Å²) in [7, 11) is 0. The summed E-state index contributed by atoms with van der Waals surface area (Å²) in [6.07, 6.45) is 1.87. The maximum absolute atomic E-state index is 9.47. The van der Waals surface area contributed by atoms with Crippen LogP contribution in [0.1, 0.15) is 5.56 Å². The quantitative estimate of drug-likeness (QED) is 0.162. The molecule has 0 unspecified atom stereocenters. The number of nitrogens with zero attached hydrogens (tertiary/aromatic N) is 5. The van der Waals surface area contributed by atoms with Gasteiger partial charge in [-0.1, -0.05) is 121 Å². The number of hydrogen-bond donors (Lipinski definition) is 0. The first-order valence-electron chi connectivity index (χ1n) is 20.2. The van der Waals surface area contributed by atoms with Crippen molar-refractivity contribution in [3.63, 3.8) is 0 Å². The molecule has 12 rings (SSSR count). The van der Waals surface area contributed by atoms with Crippen molar-refractivity contribution < 1.29 is 4.42 Å². The topological polar surface area (TPSA) is 88.5 Å². The van der Waals surface area contributed by atoms with Crippen molar-refractivity contribution in [1.29, 1.82) is 5.26 Å². The van der Waals surface area contributed by atoms with Crippen LogP contribution >= 0.6 is 0 Å². The Morgan fingerprint density at radius 1 is 0.377 bits per heavy atom. The van der Waals surface area contributed by atoms with Gasteiger partial charge in [-0.2, -0.15) is 5.26 Å². The SMILES string of the molecule is N#Cc1ccc2cc(-c3cc4c5cccnc5c(-c5cccc(-c6nc(-c7ccccc7)nc(-c7ccc8c(c7)oc7ccccc78)n6)c5)cc4c4ccccc34)ccc2c1. The summed E-state index contributed by atoms with van der Waals surface area (Å²) < 4.78 is 6.27. The fourth-order valence-corrected chi connectivity index (χ4v) is 8.81. The first kappa shape index (κ1) is 34.5. The molecule has 12 aromatic rings. The fraction of sp³-hybridized carbons (Fsp3) is 0. The summed E-state index contributed by atoms with van der Waals surface area (Å²) in [5.74, 6) is 1.73. The molecule has 0 bridgehead atoms. The van der Waals surface area contributed by atoms with Gasteiger partial charge in [0.2, 0.25) is 0 Å². The van der Waals surface area contributed by atoms with Crippen LogP contribution in [0.3, 0.4) is 0 Å². The van der Waals surface area contributed by atoms with Gasteiger partial charge in [0.15, 0.2) is 17.5 Å². The first-order chi connectivity index (χ1) is 30.1. The van der Waals surface area contributed by atoms with E-state index in [1.54, 1.807) is 0 Å². The predicted octanol–water partition coefficient (Wildman–Crippen LogP) is 14.0. The van der Waals surface area contributed by atoms with Crippen LogP contribution < -0.4 is 0 Å². The molecule has 0 aliphatic heterocycles. The highest BCUT2D eigenvalue weighted by Gasteiger charge is 2.18. The lowest BCUT2D eigenvalue weighted by Gasteiger charge is -2.16. The van der Waals surface area contributed by atoms with Crippen LogP contribution in [0.25, 0.3) is 122 Å². The number of fused-ring (bicyclic) bond motifs is 9. The van der Waals surface area contributed by atoms with E-state index in [-0.39, 0.29) is 0 Å². The van der Waals surface area contributed by atoms with E-state index in [0.29, 0.717) is 23.0 Å². The summed E-state index contributed by atoms with van der Waals surface area (Å²) in [4.78, 5) is 20.2. The average Bonchev–Trinajstić information content (AvgIpc) is 3.71. The lowest BCUT2D eigenvalue weighted by molar-refractivity contribution is 0.669. The van der Waals surface area contributed by atoms with Crippen LogP contribution in [0.5, 0.6) is 0 Å². The normalized spacial score (nSPS) is 11.6. The minimum atomic E-state index is 0.565. The van der Waals surface area contributed by atoms with Gasteiger partial charge in [0.25, 0.3) is 0 Å². The third-order valence-corrected chi connectivity index (χ3v) is 11.7. The third-order valence-electron chi connectivity index (χ3n) is 11.7. The molecule has 0 saturated heterocycles. The van der Waals surface area contributed by atoms with E-state index in [1.807, 2.05) is 85.1 Å². The van der Waals surface area contributed by atoms with Crippen molar-refractivity contribution in [3.8, 4) is 62.5 Å². The Morgan fingerprint density at radius 2 is 0.984 bits per heavy atom. The molecule has 0 aliphatic rings. The van der Waals surface area contributed by atoms with Crippen LogP contribution in [0.2, 0.25) is 0 Å². The Kier molecular flexibility index (Phi) is 7.81. The highest BCUT2D eigenvalue weighted by molar-refractivity contribution is 6.23. The lowest BCUT2D eigenvalue weighted by atomic mass is 9.88. The molecule has 61 heavy (non-hydrogen) atoms. The first-order valence-corrected chi connectivity index (χ1v) is 20.2. The Labute approximate surface area is 349 Å². The van der Waals surface area contributed by atoms with Gasteiger partial charge >= 0.3 is 0 Å². The third kappa shape index (κ3) is 5.79. The van der Waals surface area contributed by atoms with Crippen LogP contribution in [-0.2, 0) is 0 Å². The van der Waals surface area contributed by atoms with Gasteiger partial charge < -0.3 is 4.42 Å². The molecular formula is C55H31N5O. The van der Waals surface area contributed by atoms with Gasteiger partial charge in [-0.25, -0.2) is 15.0 Å². The maximum atomic E-state index is 9.47. The van der Waals surface area contributed by atoms with Crippen LogP contribution in [-0.4, -0.2) is 19.9 Å². The molecule has 6 heteroatoms. The Hall–Kier alpha value is -8.53. The van der Waals surface area contributed by atoms with E-state index >= 15 is 0 Å². The van der Waals surface area contributed by atoms with E-state index in [4.69, 9.17) is 24.4 Å². The fourth-order valence-electron chi connectivity index (χ4n) is 8.81. The van der Waals surface area contributed by atoms with Crippen molar-refractivity contribution in [2.24, 2.45) is 0 Å². The summed E-state index contributed by atoms with van der Waals surface area (Å²) in [6.45, 7) is 0. The molecule has 0 amide bonds. The molecule has 0 fully saturated rings. The van der Waals surface area contributed by atoms with Crippen molar-refractivity contribution in [2.45, 2.75) is 0 Å². The van der Waals surface area contributed by atoms with Gasteiger partial charge in [0.1, 0.15) is 11.2 Å². The van der Waals surface area contributed by atoms with E-state index in [9.17, 15) is 5.26 Å². The number of rotatable bonds is 5. The predicted molar refractivity (Wildman–Crippen MR) is 247 cm³/mol. The minimum absolute atomic E-state index is 0.565. The number of aromatic nitrogens is 4. The van der Waals surface area contributed by atoms with Crippen molar-refractivity contribution in [3.05, 3.63) is 194 Å². The molecule has 3 aromatic heterocycles. The standard InChI is InChI=1S/C55H31N5O/c56-32-33-19-20-36-27-38(22-21-35(36)26-33)46-30-49-45-17-9-25-57-52(45)47(31-48(49)42-15-5-4-14-41(42)46)37-12-8-13-39(28-37)54-58-53(34-10-2-1-3-11-34)59-55(60-54)40-23-24-44-43-16-6-7-18-50(43)61-51(44)29-40/h1-31H. The number of hydrogen-bond acceptors (Lipinski definition) is 6. The van der Waals surface area contributed by atoms with Crippen LogP contribution in [0.4, 0.5) is 0 Å². The highest BCUT2D eigenvalue weighted by Crippen LogP contribution is 2.42. The molecule has 282 valence electrons. The number of para-hydroxylation sites is 1. The summed E-state index contributed by atoms with van der Waals surface area (Å²) >= 11 is 0. The van der Waals surface area contributed by atoms with Gasteiger partial charge in [-0.3, -0.25) is 4.98 Å². The molecule has 9 aromatic carbocycles. The monoisotopic (exact) mass is 777 g/mol. The van der Waals surface area contributed by atoms with Crippen molar-refractivity contribution in [1.82, 2.24) is 19.9 Å². The van der Waals surface area contributed by atoms with Crippen LogP contribution in [0, 0.1) is 11.3 Å². The highest BCUT2D eigenvalue weighted by atomic mass is 16.3. The molecule has 0 atom stereocenters. The zero-order valence-corrected chi connectivity index (χ0v) is 32.5. The van der Waals surface area contributed by atoms with Crippen LogP contribution in [0.15, 0.2) is 193 Å². The molecule has 0 N–H and O–H groups in total. The van der Waals surface area contributed by atoms with E-state index in [0.717, 1.165) is 104 Å². The largest absolute Gasteiger partial charge is 0.456 e. The number of benzene rings is 9. The molecule has 6 nitrogen and oxygen atoms in total. The van der Waals surface area contributed by atoms with Crippen molar-refractivity contribution >= 4 is 65.2 Å². The Bertz CT molecular complexity index is 3790. The van der Waals surface area contributed by atoms with Gasteiger partial charge in [-0.15, -0.1) is 0 Å². The number of furan rings is 1. The second-order valence-corrected chi connectivity index (χ2v) is 15.3. The molecular weight excluding hydrogens is 747 g/mol. The number of pyridine rings is 1.